The second-order valence-corrected chi connectivity index (χ2v) is 2.38. The number of aromatic nitrogens is 2. The van der Waals surface area contributed by atoms with Crippen molar-refractivity contribution in [1.29, 1.82) is 0 Å². The van der Waals surface area contributed by atoms with Crippen LogP contribution in [-0.2, 0) is 0 Å². The molecule has 38 valence electrons. The van der Waals surface area contributed by atoms with Crippen molar-refractivity contribution in [1.82, 2.24) is 9.97 Å². The molecule has 0 radical (unpaired) electrons. The molecule has 1 N–H and O–H groups in total. The Kier molecular flexibility index (Phi) is 1.32. The van der Waals surface area contributed by atoms with Gasteiger partial charge in [-0.25, -0.2) is 4.98 Å². The average molecular weight is 208 g/mol. The quantitative estimate of drug-likeness (QED) is 0.640. The van der Waals surface area contributed by atoms with Gasteiger partial charge in [-0.2, -0.15) is 0 Å². The summed E-state index contributed by atoms with van der Waals surface area (Å²) in [6.07, 6.45) is 1.69. The van der Waals surface area contributed by atoms with Gasteiger partial charge in [0.2, 0.25) is 0 Å². The molecule has 7 heavy (non-hydrogen) atoms. The number of hydrogen-bond acceptors (Lipinski definition) is 1. The molecule has 2 nitrogen and oxygen atoms in total. The Hall–Kier alpha value is -0.0600. The zero-order valence-electron chi connectivity index (χ0n) is 3.90. The summed E-state index contributed by atoms with van der Waals surface area (Å²) in [5.41, 5.74) is 1.07. The lowest BCUT2D eigenvalue weighted by Gasteiger charge is -1.76. The first-order chi connectivity index (χ1) is 3.30. The first kappa shape index (κ1) is 5.08. The lowest BCUT2D eigenvalue weighted by molar-refractivity contribution is 1.25. The maximum atomic E-state index is 3.95. The van der Waals surface area contributed by atoms with Gasteiger partial charge < -0.3 is 4.98 Å². The Morgan fingerprint density at radius 2 is 2.57 bits per heavy atom. The van der Waals surface area contributed by atoms with Crippen molar-refractivity contribution in [3.8, 4) is 0 Å². The molecule has 0 aliphatic rings. The topological polar surface area (TPSA) is 28.7 Å². The monoisotopic (exact) mass is 208 g/mol. The number of nitrogens with zero attached hydrogens (tertiary/aromatic N) is 1. The van der Waals surface area contributed by atoms with E-state index in [1.165, 1.54) is 0 Å². The van der Waals surface area contributed by atoms with Gasteiger partial charge in [-0.1, -0.05) is 0 Å². The third-order valence-electron chi connectivity index (χ3n) is 0.767. The number of nitrogens with one attached hydrogen (secondary N) is 1. The zero-order valence-corrected chi connectivity index (χ0v) is 6.06. The van der Waals surface area contributed by atoms with E-state index >= 15 is 0 Å². The average Bonchev–Trinajstić information content (AvgIpc) is 1.91. The molecule has 0 bridgehead atoms. The van der Waals surface area contributed by atoms with Crippen LogP contribution in [0.15, 0.2) is 6.33 Å². The lowest BCUT2D eigenvalue weighted by atomic mass is 10.6. The molecule has 0 aromatic carbocycles. The number of H-pyrrole nitrogens is 1. The summed E-state index contributed by atoms with van der Waals surface area (Å²) < 4.78 is 1.12. The van der Waals surface area contributed by atoms with Gasteiger partial charge in [-0.15, -0.1) is 0 Å². The van der Waals surface area contributed by atoms with E-state index in [-0.39, 0.29) is 0 Å². The molecule has 0 fully saturated rings. The molecule has 1 heterocycles. The van der Waals surface area contributed by atoms with Crippen molar-refractivity contribution in [2.24, 2.45) is 0 Å². The number of imidazole rings is 1. The second kappa shape index (κ2) is 1.81. The third kappa shape index (κ3) is 0.933. The summed E-state index contributed by atoms with van der Waals surface area (Å²) in [6.45, 7) is 1.97. The lowest BCUT2D eigenvalue weighted by Crippen LogP contribution is -1.70. The minimum atomic E-state index is 1.07. The smallest absolute Gasteiger partial charge is 0.0998 e. The largest absolute Gasteiger partial charge is 0.340 e. The van der Waals surface area contributed by atoms with Gasteiger partial charge in [-0.3, -0.25) is 0 Å². The molecular weight excluding hydrogens is 203 g/mol. The fourth-order valence-electron chi connectivity index (χ4n) is 0.347. The Morgan fingerprint density at radius 3 is 2.71 bits per heavy atom. The van der Waals surface area contributed by atoms with Gasteiger partial charge in [0.25, 0.3) is 0 Å². The molecule has 0 aliphatic carbocycles. The van der Waals surface area contributed by atoms with Gasteiger partial charge in [0.1, 0.15) is 0 Å². The van der Waals surface area contributed by atoms with E-state index in [1.807, 2.05) is 6.92 Å². The predicted molar refractivity (Wildman–Crippen MR) is 36.0 cm³/mol. The van der Waals surface area contributed by atoms with E-state index in [9.17, 15) is 0 Å². The summed E-state index contributed by atoms with van der Waals surface area (Å²) in [6, 6.07) is 0. The standard InChI is InChI=1S/C4H5IN2/c1-3-4(5)7-2-6-3/h2H,1H3,(H,6,7). The fraction of sp³-hybridized carbons (Fsp3) is 0.250. The van der Waals surface area contributed by atoms with Crippen LogP contribution in [0.5, 0.6) is 0 Å². The number of aryl methyl sites for hydroxylation is 1. The van der Waals surface area contributed by atoms with E-state index in [2.05, 4.69) is 32.6 Å². The molecule has 1 aromatic rings. The summed E-state index contributed by atoms with van der Waals surface area (Å²) in [5.74, 6) is 0. The van der Waals surface area contributed by atoms with Crippen LogP contribution in [0.4, 0.5) is 0 Å². The Balaban J connectivity index is 3.12. The summed E-state index contributed by atoms with van der Waals surface area (Å²) in [7, 11) is 0. The van der Waals surface area contributed by atoms with Crippen molar-refractivity contribution in [2.75, 3.05) is 0 Å². The Bertz CT molecular complexity index is 142. The Labute approximate surface area is 55.5 Å². The second-order valence-electron chi connectivity index (χ2n) is 1.30. The SMILES string of the molecule is Cc1nc[nH]c1I. The molecule has 0 saturated carbocycles. The highest BCUT2D eigenvalue weighted by molar-refractivity contribution is 14.1. The highest BCUT2D eigenvalue weighted by Crippen LogP contribution is 2.01. The van der Waals surface area contributed by atoms with E-state index in [4.69, 9.17) is 0 Å². The van der Waals surface area contributed by atoms with Crippen LogP contribution < -0.4 is 0 Å². The molecule has 0 spiro atoms. The van der Waals surface area contributed by atoms with Crippen molar-refractivity contribution in [3.63, 3.8) is 0 Å². The van der Waals surface area contributed by atoms with Crippen LogP contribution >= 0.6 is 22.6 Å². The minimum Gasteiger partial charge on any atom is -0.340 e. The highest BCUT2D eigenvalue weighted by atomic mass is 127. The molecule has 3 heteroatoms. The fourth-order valence-corrected chi connectivity index (χ4v) is 0.625. The third-order valence-corrected chi connectivity index (χ3v) is 1.86. The Morgan fingerprint density at radius 1 is 1.86 bits per heavy atom. The van der Waals surface area contributed by atoms with E-state index in [0.717, 1.165) is 9.39 Å². The molecule has 0 unspecified atom stereocenters. The van der Waals surface area contributed by atoms with Crippen LogP contribution in [-0.4, -0.2) is 9.97 Å². The van der Waals surface area contributed by atoms with Gasteiger partial charge in [0.05, 0.1) is 15.7 Å². The summed E-state index contributed by atoms with van der Waals surface area (Å²) >= 11 is 2.20. The summed E-state index contributed by atoms with van der Waals surface area (Å²) in [4.78, 5) is 6.90. The molecular formula is C4H5IN2. The predicted octanol–water partition coefficient (Wildman–Crippen LogP) is 1.32. The highest BCUT2D eigenvalue weighted by Gasteiger charge is 1.89. The van der Waals surface area contributed by atoms with Crippen LogP contribution in [0.25, 0.3) is 0 Å². The molecule has 0 amide bonds. The van der Waals surface area contributed by atoms with Gasteiger partial charge in [-0.05, 0) is 29.5 Å². The van der Waals surface area contributed by atoms with Gasteiger partial charge in [0, 0.05) is 0 Å². The van der Waals surface area contributed by atoms with E-state index in [0.29, 0.717) is 0 Å². The van der Waals surface area contributed by atoms with Crippen LogP contribution in [0.3, 0.4) is 0 Å². The van der Waals surface area contributed by atoms with Gasteiger partial charge in [0.15, 0.2) is 0 Å². The molecule has 0 saturated heterocycles. The first-order valence-corrected chi connectivity index (χ1v) is 3.04. The normalized spacial score (nSPS) is 9.43. The van der Waals surface area contributed by atoms with Crippen LogP contribution in [0.1, 0.15) is 5.69 Å². The summed E-state index contributed by atoms with van der Waals surface area (Å²) in [5, 5.41) is 0. The van der Waals surface area contributed by atoms with Crippen molar-refractivity contribution in [2.45, 2.75) is 6.92 Å². The van der Waals surface area contributed by atoms with Gasteiger partial charge >= 0.3 is 0 Å². The first-order valence-electron chi connectivity index (χ1n) is 1.96. The molecule has 0 aliphatic heterocycles. The number of halogens is 1. The molecule has 1 aromatic heterocycles. The maximum absolute atomic E-state index is 3.95. The number of rotatable bonds is 0. The van der Waals surface area contributed by atoms with E-state index < -0.39 is 0 Å². The zero-order chi connectivity index (χ0) is 5.28. The van der Waals surface area contributed by atoms with Crippen molar-refractivity contribution >= 4 is 22.6 Å². The number of hydrogen-bond donors (Lipinski definition) is 1. The van der Waals surface area contributed by atoms with E-state index in [1.54, 1.807) is 6.33 Å². The number of aromatic amines is 1. The van der Waals surface area contributed by atoms with Crippen LogP contribution in [0.2, 0.25) is 0 Å². The molecule has 0 atom stereocenters. The minimum absolute atomic E-state index is 1.07. The van der Waals surface area contributed by atoms with Crippen molar-refractivity contribution < 1.29 is 0 Å². The maximum Gasteiger partial charge on any atom is 0.0998 e. The van der Waals surface area contributed by atoms with Crippen molar-refractivity contribution in [3.05, 3.63) is 15.7 Å². The molecule has 1 rings (SSSR count). The van der Waals surface area contributed by atoms with Crippen LogP contribution in [0, 0.1) is 10.6 Å².